The molecule has 1 amide bonds. The molecular formula is C18H16FN3O2S. The van der Waals surface area contributed by atoms with Gasteiger partial charge < -0.3 is 4.42 Å². The molecule has 0 bridgehead atoms. The van der Waals surface area contributed by atoms with Crippen LogP contribution in [0.1, 0.15) is 28.7 Å². The lowest BCUT2D eigenvalue weighted by molar-refractivity contribution is 0.102. The number of nitrogens with one attached hydrogen (secondary N) is 1. The number of amides is 1. The zero-order valence-electron chi connectivity index (χ0n) is 13.5. The van der Waals surface area contributed by atoms with Crippen molar-refractivity contribution in [2.45, 2.75) is 18.2 Å². The molecule has 128 valence electrons. The maximum atomic E-state index is 13.2. The van der Waals surface area contributed by atoms with Crippen molar-refractivity contribution in [2.75, 3.05) is 11.1 Å². The lowest BCUT2D eigenvalue weighted by Gasteiger charge is -2.01. The molecule has 0 aliphatic rings. The summed E-state index contributed by atoms with van der Waals surface area (Å²) in [4.78, 5) is 13.2. The first-order valence-corrected chi connectivity index (χ1v) is 8.73. The Labute approximate surface area is 148 Å². The Morgan fingerprint density at radius 1 is 1.20 bits per heavy atom. The lowest BCUT2D eigenvalue weighted by Crippen LogP contribution is -2.12. The summed E-state index contributed by atoms with van der Waals surface area (Å²) in [7, 11) is 0. The lowest BCUT2D eigenvalue weighted by atomic mass is 10.1. The van der Waals surface area contributed by atoms with Gasteiger partial charge in [0.2, 0.25) is 5.89 Å². The quantitative estimate of drug-likeness (QED) is 0.671. The van der Waals surface area contributed by atoms with Crippen LogP contribution in [0.25, 0.3) is 0 Å². The van der Waals surface area contributed by atoms with Gasteiger partial charge in [0.25, 0.3) is 5.91 Å². The molecule has 3 rings (SSSR count). The molecule has 7 heteroatoms. The van der Waals surface area contributed by atoms with Crippen LogP contribution in [0.5, 0.6) is 0 Å². The van der Waals surface area contributed by atoms with Gasteiger partial charge in [-0.2, -0.15) is 0 Å². The minimum atomic E-state index is -0.504. The molecule has 0 aliphatic heterocycles. The summed E-state index contributed by atoms with van der Waals surface area (Å²) in [5, 5.41) is 10.2. The molecule has 3 aromatic rings. The Kier molecular flexibility index (Phi) is 5.45. The van der Waals surface area contributed by atoms with Crippen molar-refractivity contribution in [1.29, 1.82) is 0 Å². The first-order chi connectivity index (χ1) is 12.1. The number of thioether (sulfide) groups is 1. The van der Waals surface area contributed by atoms with E-state index in [9.17, 15) is 9.18 Å². The minimum absolute atomic E-state index is 0.0116. The van der Waals surface area contributed by atoms with Gasteiger partial charge in [-0.1, -0.05) is 30.2 Å². The second-order valence-electron chi connectivity index (χ2n) is 5.22. The van der Waals surface area contributed by atoms with Gasteiger partial charge in [-0.3, -0.25) is 10.1 Å². The van der Waals surface area contributed by atoms with E-state index in [0.717, 1.165) is 17.4 Å². The Morgan fingerprint density at radius 2 is 2.00 bits per heavy atom. The average Bonchev–Trinajstić information content (AvgIpc) is 3.04. The molecule has 2 aromatic carbocycles. The van der Waals surface area contributed by atoms with Crippen LogP contribution >= 0.6 is 11.8 Å². The topological polar surface area (TPSA) is 68.0 Å². The standard InChI is InChI=1S/C18H16FN3O2S/c1-2-25-15-8-6-12(7-9-15)10-16-21-22-18(24-16)20-17(23)13-4-3-5-14(19)11-13/h3-9,11H,2,10H2,1H3,(H,20,22,23). The molecule has 0 saturated heterocycles. The monoisotopic (exact) mass is 357 g/mol. The third kappa shape index (κ3) is 4.67. The van der Waals surface area contributed by atoms with Crippen molar-refractivity contribution in [3.05, 3.63) is 71.4 Å². The largest absolute Gasteiger partial charge is 0.407 e. The van der Waals surface area contributed by atoms with Gasteiger partial charge in [-0.05, 0) is 41.6 Å². The first kappa shape index (κ1) is 17.2. The zero-order valence-corrected chi connectivity index (χ0v) is 14.3. The second kappa shape index (κ2) is 7.94. The van der Waals surface area contributed by atoms with Crippen molar-refractivity contribution in [2.24, 2.45) is 0 Å². The van der Waals surface area contributed by atoms with Crippen LogP contribution in [-0.2, 0) is 6.42 Å². The average molecular weight is 357 g/mol. The van der Waals surface area contributed by atoms with Gasteiger partial charge >= 0.3 is 6.01 Å². The Morgan fingerprint density at radius 3 is 2.72 bits per heavy atom. The normalized spacial score (nSPS) is 10.6. The maximum Gasteiger partial charge on any atom is 0.322 e. The number of benzene rings is 2. The summed E-state index contributed by atoms with van der Waals surface area (Å²) in [6.07, 6.45) is 0.472. The maximum absolute atomic E-state index is 13.2. The van der Waals surface area contributed by atoms with E-state index in [1.54, 1.807) is 11.8 Å². The molecule has 1 aromatic heterocycles. The number of nitrogens with zero attached hydrogens (tertiary/aromatic N) is 2. The van der Waals surface area contributed by atoms with Crippen LogP contribution in [-0.4, -0.2) is 21.9 Å². The van der Waals surface area contributed by atoms with Crippen LogP contribution in [0.2, 0.25) is 0 Å². The van der Waals surface area contributed by atoms with Gasteiger partial charge in [0.05, 0.1) is 6.42 Å². The number of anilines is 1. The van der Waals surface area contributed by atoms with Crippen LogP contribution < -0.4 is 5.32 Å². The van der Waals surface area contributed by atoms with Crippen LogP contribution in [0, 0.1) is 5.82 Å². The summed E-state index contributed by atoms with van der Waals surface area (Å²) >= 11 is 1.77. The summed E-state index contributed by atoms with van der Waals surface area (Å²) < 4.78 is 18.6. The fraction of sp³-hybridized carbons (Fsp3) is 0.167. The molecule has 0 spiro atoms. The molecule has 25 heavy (non-hydrogen) atoms. The van der Waals surface area contributed by atoms with E-state index in [4.69, 9.17) is 4.42 Å². The van der Waals surface area contributed by atoms with Crippen molar-refractivity contribution >= 4 is 23.7 Å². The van der Waals surface area contributed by atoms with Gasteiger partial charge in [0.15, 0.2) is 0 Å². The SMILES string of the molecule is CCSc1ccc(Cc2nnc(NC(=O)c3cccc(F)c3)o2)cc1. The van der Waals surface area contributed by atoms with E-state index >= 15 is 0 Å². The fourth-order valence-corrected chi connectivity index (χ4v) is 2.88. The molecule has 0 atom stereocenters. The molecule has 1 N–H and O–H groups in total. The summed E-state index contributed by atoms with van der Waals surface area (Å²) in [6, 6.07) is 13.5. The third-order valence-corrected chi connectivity index (χ3v) is 4.26. The molecule has 5 nitrogen and oxygen atoms in total. The van der Waals surface area contributed by atoms with Crippen molar-refractivity contribution in [3.8, 4) is 0 Å². The third-order valence-electron chi connectivity index (χ3n) is 3.36. The van der Waals surface area contributed by atoms with Gasteiger partial charge in [0.1, 0.15) is 5.82 Å². The molecular weight excluding hydrogens is 341 g/mol. The minimum Gasteiger partial charge on any atom is -0.407 e. The summed E-state index contributed by atoms with van der Waals surface area (Å²) in [6.45, 7) is 2.11. The van der Waals surface area contributed by atoms with Gasteiger partial charge in [-0.15, -0.1) is 16.9 Å². The number of aromatic nitrogens is 2. The number of halogens is 1. The van der Waals surface area contributed by atoms with Crippen molar-refractivity contribution < 1.29 is 13.6 Å². The highest BCUT2D eigenvalue weighted by Crippen LogP contribution is 2.19. The van der Waals surface area contributed by atoms with E-state index < -0.39 is 11.7 Å². The molecule has 1 heterocycles. The second-order valence-corrected chi connectivity index (χ2v) is 6.56. The first-order valence-electron chi connectivity index (χ1n) is 7.75. The number of carbonyl (C=O) groups is 1. The van der Waals surface area contributed by atoms with E-state index in [1.165, 1.54) is 23.1 Å². The molecule has 0 unspecified atom stereocenters. The van der Waals surface area contributed by atoms with E-state index in [-0.39, 0.29) is 11.6 Å². The predicted molar refractivity (Wildman–Crippen MR) is 94.3 cm³/mol. The molecule has 0 saturated carbocycles. The smallest absolute Gasteiger partial charge is 0.322 e. The Hall–Kier alpha value is -2.67. The number of carbonyl (C=O) groups excluding carboxylic acids is 1. The predicted octanol–water partition coefficient (Wildman–Crippen LogP) is 4.16. The van der Waals surface area contributed by atoms with Crippen molar-refractivity contribution in [3.63, 3.8) is 0 Å². The summed E-state index contributed by atoms with van der Waals surface area (Å²) in [5.74, 6) is 0.432. The van der Waals surface area contributed by atoms with E-state index in [2.05, 4.69) is 22.4 Å². The zero-order chi connectivity index (χ0) is 17.6. The molecule has 0 aliphatic carbocycles. The van der Waals surface area contributed by atoms with Crippen molar-refractivity contribution in [1.82, 2.24) is 10.2 Å². The van der Waals surface area contributed by atoms with E-state index in [0.29, 0.717) is 12.3 Å². The fourth-order valence-electron chi connectivity index (χ4n) is 2.22. The van der Waals surface area contributed by atoms with Crippen LogP contribution in [0.4, 0.5) is 10.4 Å². The highest BCUT2D eigenvalue weighted by molar-refractivity contribution is 7.99. The summed E-state index contributed by atoms with van der Waals surface area (Å²) in [5.41, 5.74) is 1.22. The molecule has 0 fully saturated rings. The highest BCUT2D eigenvalue weighted by Gasteiger charge is 2.12. The van der Waals surface area contributed by atoms with Gasteiger partial charge in [0, 0.05) is 10.5 Å². The van der Waals surface area contributed by atoms with Crippen LogP contribution in [0.15, 0.2) is 57.8 Å². The van der Waals surface area contributed by atoms with E-state index in [1.807, 2.05) is 24.3 Å². The Balaban J connectivity index is 1.63. The number of hydrogen-bond acceptors (Lipinski definition) is 5. The van der Waals surface area contributed by atoms with Crippen LogP contribution in [0.3, 0.4) is 0 Å². The Bertz CT molecular complexity index is 865. The number of rotatable bonds is 6. The highest BCUT2D eigenvalue weighted by atomic mass is 32.2. The number of hydrogen-bond donors (Lipinski definition) is 1. The molecule has 0 radical (unpaired) electrons. The van der Waals surface area contributed by atoms with Gasteiger partial charge in [-0.25, -0.2) is 4.39 Å².